The van der Waals surface area contributed by atoms with Gasteiger partial charge in [-0.1, -0.05) is 84.9 Å². The first-order chi connectivity index (χ1) is 15.4. The van der Waals surface area contributed by atoms with Crippen molar-refractivity contribution in [2.45, 2.75) is 32.8 Å². The summed E-state index contributed by atoms with van der Waals surface area (Å²) < 4.78 is 5.34. The van der Waals surface area contributed by atoms with Gasteiger partial charge in [0.2, 0.25) is 0 Å². The minimum Gasteiger partial charge on any atom is -0.457 e. The van der Waals surface area contributed by atoms with Gasteiger partial charge in [-0.05, 0) is 66.7 Å². The van der Waals surface area contributed by atoms with E-state index in [4.69, 9.17) is 16.3 Å². The van der Waals surface area contributed by atoms with Gasteiger partial charge in [0.15, 0.2) is 0 Å². The standard InChI is InChI=1S/C29H29ClO2/c1-29(2,3)32-27(31)19-16-22-14-17-25(18-15-22)28(24-12-8-5-9-13-24)26(20-21-30)23-10-6-4-7-11-23/h4-19H,20-21H2,1-3H3. The molecule has 3 rings (SSSR count). The molecule has 0 saturated heterocycles. The van der Waals surface area contributed by atoms with Crippen molar-refractivity contribution in [3.8, 4) is 0 Å². The second-order valence-electron chi connectivity index (χ2n) is 8.51. The van der Waals surface area contributed by atoms with E-state index in [0.29, 0.717) is 5.88 Å². The highest BCUT2D eigenvalue weighted by atomic mass is 35.5. The number of allylic oxidation sites excluding steroid dienone is 1. The van der Waals surface area contributed by atoms with Crippen LogP contribution in [-0.4, -0.2) is 17.5 Å². The largest absolute Gasteiger partial charge is 0.457 e. The van der Waals surface area contributed by atoms with Crippen LogP contribution in [0.2, 0.25) is 0 Å². The van der Waals surface area contributed by atoms with Gasteiger partial charge in [-0.25, -0.2) is 4.79 Å². The fourth-order valence-corrected chi connectivity index (χ4v) is 3.72. The summed E-state index contributed by atoms with van der Waals surface area (Å²) in [4.78, 5) is 12.0. The highest BCUT2D eigenvalue weighted by molar-refractivity contribution is 6.18. The van der Waals surface area contributed by atoms with Crippen LogP contribution in [0.5, 0.6) is 0 Å². The van der Waals surface area contributed by atoms with Gasteiger partial charge in [-0.3, -0.25) is 0 Å². The Kier molecular flexibility index (Phi) is 8.08. The molecule has 0 heterocycles. The quantitative estimate of drug-likeness (QED) is 0.162. The summed E-state index contributed by atoms with van der Waals surface area (Å²) in [5.74, 6) is 0.192. The molecule has 0 fully saturated rings. The topological polar surface area (TPSA) is 26.3 Å². The van der Waals surface area contributed by atoms with E-state index in [0.717, 1.165) is 23.1 Å². The summed E-state index contributed by atoms with van der Waals surface area (Å²) in [6.45, 7) is 5.57. The second kappa shape index (κ2) is 11.0. The second-order valence-corrected chi connectivity index (χ2v) is 8.89. The van der Waals surface area contributed by atoms with E-state index in [1.807, 2.05) is 45.0 Å². The van der Waals surface area contributed by atoms with E-state index in [1.165, 1.54) is 22.8 Å². The number of esters is 1. The van der Waals surface area contributed by atoms with Crippen molar-refractivity contribution >= 4 is 34.8 Å². The van der Waals surface area contributed by atoms with Crippen LogP contribution in [0.1, 0.15) is 49.4 Å². The van der Waals surface area contributed by atoms with Gasteiger partial charge >= 0.3 is 5.97 Å². The van der Waals surface area contributed by atoms with E-state index in [-0.39, 0.29) is 5.97 Å². The molecule has 32 heavy (non-hydrogen) atoms. The molecule has 3 aromatic rings. The van der Waals surface area contributed by atoms with Gasteiger partial charge in [0.1, 0.15) is 5.60 Å². The van der Waals surface area contributed by atoms with E-state index >= 15 is 0 Å². The lowest BCUT2D eigenvalue weighted by Crippen LogP contribution is -2.22. The molecule has 0 aromatic heterocycles. The Morgan fingerprint density at radius 3 is 1.88 bits per heavy atom. The zero-order valence-electron chi connectivity index (χ0n) is 18.8. The molecule has 0 aliphatic rings. The number of hydrogen-bond donors (Lipinski definition) is 0. The molecule has 0 aliphatic carbocycles. The molecule has 0 amide bonds. The van der Waals surface area contributed by atoms with Crippen molar-refractivity contribution < 1.29 is 9.53 Å². The number of benzene rings is 3. The van der Waals surface area contributed by atoms with E-state index < -0.39 is 5.60 Å². The maximum absolute atomic E-state index is 12.0. The maximum Gasteiger partial charge on any atom is 0.331 e. The number of carbonyl (C=O) groups is 1. The van der Waals surface area contributed by atoms with Crippen molar-refractivity contribution in [1.29, 1.82) is 0 Å². The molecular formula is C29H29ClO2. The monoisotopic (exact) mass is 444 g/mol. The highest BCUT2D eigenvalue weighted by Gasteiger charge is 2.15. The van der Waals surface area contributed by atoms with Crippen LogP contribution >= 0.6 is 11.6 Å². The summed E-state index contributed by atoms with van der Waals surface area (Å²) in [5, 5.41) is 0. The van der Waals surface area contributed by atoms with Gasteiger partial charge in [-0.15, -0.1) is 11.6 Å². The zero-order chi connectivity index (χ0) is 23.0. The van der Waals surface area contributed by atoms with Gasteiger partial charge in [0.25, 0.3) is 0 Å². The first-order valence-electron chi connectivity index (χ1n) is 10.8. The molecule has 0 saturated carbocycles. The van der Waals surface area contributed by atoms with Gasteiger partial charge in [0, 0.05) is 12.0 Å². The van der Waals surface area contributed by atoms with Crippen LogP contribution in [-0.2, 0) is 9.53 Å². The molecule has 0 radical (unpaired) electrons. The van der Waals surface area contributed by atoms with Gasteiger partial charge in [0.05, 0.1) is 0 Å². The van der Waals surface area contributed by atoms with Gasteiger partial charge < -0.3 is 4.74 Å². The zero-order valence-corrected chi connectivity index (χ0v) is 19.6. The molecule has 0 spiro atoms. The average Bonchev–Trinajstić information content (AvgIpc) is 2.78. The predicted octanol–water partition coefficient (Wildman–Crippen LogP) is 7.63. The highest BCUT2D eigenvalue weighted by Crippen LogP contribution is 2.34. The third-order valence-electron chi connectivity index (χ3n) is 4.85. The van der Waals surface area contributed by atoms with Crippen LogP contribution in [0.3, 0.4) is 0 Å². The first kappa shape index (κ1) is 23.6. The van der Waals surface area contributed by atoms with Crippen molar-refractivity contribution in [2.75, 3.05) is 5.88 Å². The van der Waals surface area contributed by atoms with Crippen molar-refractivity contribution in [3.05, 3.63) is 113 Å². The number of hydrogen-bond acceptors (Lipinski definition) is 2. The lowest BCUT2D eigenvalue weighted by Gasteiger charge is -2.18. The Morgan fingerprint density at radius 1 is 0.812 bits per heavy atom. The summed E-state index contributed by atoms with van der Waals surface area (Å²) >= 11 is 6.22. The summed E-state index contributed by atoms with van der Waals surface area (Å²) in [7, 11) is 0. The molecule has 0 unspecified atom stereocenters. The van der Waals surface area contributed by atoms with Crippen LogP contribution < -0.4 is 0 Å². The molecule has 3 heteroatoms. The number of carbonyl (C=O) groups excluding carboxylic acids is 1. The normalized spacial score (nSPS) is 12.5. The SMILES string of the molecule is CC(C)(C)OC(=O)C=Cc1ccc(C(=C(CCCl)c2ccccc2)c2ccccc2)cc1. The average molecular weight is 445 g/mol. The Hall–Kier alpha value is -3.10. The minimum atomic E-state index is -0.503. The molecule has 164 valence electrons. The third-order valence-corrected chi connectivity index (χ3v) is 5.04. The number of halogens is 1. The Labute approximate surface area is 196 Å². The fourth-order valence-electron chi connectivity index (χ4n) is 3.53. The molecule has 3 aromatic carbocycles. The van der Waals surface area contributed by atoms with Crippen molar-refractivity contribution in [1.82, 2.24) is 0 Å². The Balaban J connectivity index is 2.01. The first-order valence-corrected chi connectivity index (χ1v) is 11.3. The number of alkyl halides is 1. The summed E-state index contributed by atoms with van der Waals surface area (Å²) in [6, 6.07) is 29.0. The van der Waals surface area contributed by atoms with E-state index in [9.17, 15) is 4.79 Å². The summed E-state index contributed by atoms with van der Waals surface area (Å²) in [5.41, 5.74) is 6.23. The molecular weight excluding hydrogens is 416 g/mol. The van der Waals surface area contributed by atoms with Crippen LogP contribution in [0.15, 0.2) is 91.0 Å². The Bertz CT molecular complexity index is 1070. The fraction of sp³-hybridized carbons (Fsp3) is 0.207. The minimum absolute atomic E-state index is 0.347. The van der Waals surface area contributed by atoms with Crippen LogP contribution in [0, 0.1) is 0 Å². The Morgan fingerprint density at radius 2 is 1.34 bits per heavy atom. The van der Waals surface area contributed by atoms with E-state index in [1.54, 1.807) is 6.08 Å². The number of rotatable bonds is 7. The van der Waals surface area contributed by atoms with E-state index in [2.05, 4.69) is 60.7 Å². The number of ether oxygens (including phenoxy) is 1. The molecule has 0 N–H and O–H groups in total. The van der Waals surface area contributed by atoms with Crippen molar-refractivity contribution in [2.24, 2.45) is 0 Å². The van der Waals surface area contributed by atoms with Crippen LogP contribution in [0.25, 0.3) is 17.2 Å². The summed E-state index contributed by atoms with van der Waals surface area (Å²) in [6.07, 6.45) is 4.01. The van der Waals surface area contributed by atoms with Crippen molar-refractivity contribution in [3.63, 3.8) is 0 Å². The molecule has 0 aliphatic heterocycles. The third kappa shape index (κ3) is 6.70. The molecule has 2 nitrogen and oxygen atoms in total. The molecule has 0 atom stereocenters. The van der Waals surface area contributed by atoms with Crippen LogP contribution in [0.4, 0.5) is 0 Å². The van der Waals surface area contributed by atoms with Gasteiger partial charge in [-0.2, -0.15) is 0 Å². The lowest BCUT2D eigenvalue weighted by molar-refractivity contribution is -0.148. The smallest absolute Gasteiger partial charge is 0.331 e. The molecule has 0 bridgehead atoms. The maximum atomic E-state index is 12.0. The lowest BCUT2D eigenvalue weighted by atomic mass is 9.88. The predicted molar refractivity (Wildman–Crippen MR) is 135 cm³/mol.